The Labute approximate surface area is 496 Å². The lowest BCUT2D eigenvalue weighted by molar-refractivity contribution is -0.130. The Kier molecular flexibility index (Phi) is 27.7. The molecule has 2 aromatic carbocycles. The summed E-state index contributed by atoms with van der Waals surface area (Å²) in [5.41, 5.74) is 2.85. The molecule has 466 valence electrons. The van der Waals surface area contributed by atoms with Crippen LogP contribution in [0, 0.1) is 12.8 Å². The van der Waals surface area contributed by atoms with E-state index in [1.165, 1.54) is 51.4 Å². The first-order valence-electron chi connectivity index (χ1n) is 31.2. The number of benzene rings is 2. The van der Waals surface area contributed by atoms with Crippen molar-refractivity contribution in [3.63, 3.8) is 0 Å². The van der Waals surface area contributed by atoms with Crippen LogP contribution in [0.3, 0.4) is 0 Å². The molecule has 3 amide bonds. The Morgan fingerprint density at radius 1 is 0.667 bits per heavy atom. The zero-order valence-corrected chi connectivity index (χ0v) is 50.6. The summed E-state index contributed by atoms with van der Waals surface area (Å²) in [6.45, 7) is 14.6. The fourth-order valence-corrected chi connectivity index (χ4v) is 11.7. The highest BCUT2D eigenvalue weighted by atomic mass is 19.3. The number of halogens is 2. The minimum absolute atomic E-state index is 0.0862. The minimum Gasteiger partial charge on any atom is -0.444 e. The van der Waals surface area contributed by atoms with Gasteiger partial charge in [0.25, 0.3) is 5.91 Å². The lowest BCUT2D eigenvalue weighted by Crippen LogP contribution is -2.45. The normalized spacial score (nSPS) is 18.4. The molecule has 84 heavy (non-hydrogen) atoms. The van der Waals surface area contributed by atoms with Gasteiger partial charge in [0.2, 0.25) is 11.8 Å². The molecular weight excluding hydrogens is 1080 g/mol. The van der Waals surface area contributed by atoms with Crippen molar-refractivity contribution in [3.8, 4) is 0 Å². The molecule has 21 heteroatoms. The largest absolute Gasteiger partial charge is 0.444 e. The lowest BCUT2D eigenvalue weighted by atomic mass is 9.86. The number of unbranched alkanes of at least 4 members (excludes halogenated alkanes) is 7. The quantitative estimate of drug-likeness (QED) is 0.0356. The van der Waals surface area contributed by atoms with Gasteiger partial charge in [0.1, 0.15) is 22.9 Å². The Morgan fingerprint density at radius 2 is 1.26 bits per heavy atom. The maximum absolute atomic E-state index is 13.9. The van der Waals surface area contributed by atoms with E-state index in [-0.39, 0.29) is 49.5 Å². The van der Waals surface area contributed by atoms with E-state index in [1.807, 2.05) is 62.0 Å². The van der Waals surface area contributed by atoms with Crippen molar-refractivity contribution in [1.29, 1.82) is 0 Å². The number of piperidine rings is 1. The summed E-state index contributed by atoms with van der Waals surface area (Å²) in [7, 11) is 0. The number of aromatic nitrogens is 6. The van der Waals surface area contributed by atoms with Crippen molar-refractivity contribution < 1.29 is 51.6 Å². The van der Waals surface area contributed by atoms with Crippen molar-refractivity contribution in [2.24, 2.45) is 5.92 Å². The third-order valence-corrected chi connectivity index (χ3v) is 16.1. The molecule has 3 aliphatic rings. The summed E-state index contributed by atoms with van der Waals surface area (Å²) in [4.78, 5) is 40.2. The highest BCUT2D eigenvalue weighted by Crippen LogP contribution is 2.42. The van der Waals surface area contributed by atoms with Crippen LogP contribution in [0.5, 0.6) is 0 Å². The number of ether oxygens (including phenoxy) is 6. The fraction of sp³-hybridized carbons (Fsp3) is 0.698. The molecule has 7 rings (SSSR count). The van der Waals surface area contributed by atoms with Gasteiger partial charge in [0.05, 0.1) is 78.3 Å². The molecule has 2 unspecified atom stereocenters. The molecule has 3 N–H and O–H groups in total. The average molecular weight is 1180 g/mol. The molecule has 4 aromatic rings. The second-order valence-corrected chi connectivity index (χ2v) is 23.9. The number of aryl methyl sites for hydroxylation is 3. The molecule has 2 aromatic heterocycles. The number of rotatable bonds is 39. The first kappa shape index (κ1) is 66.1. The van der Waals surface area contributed by atoms with Gasteiger partial charge in [0, 0.05) is 75.0 Å². The van der Waals surface area contributed by atoms with Crippen molar-refractivity contribution in [2.75, 3.05) is 72.5 Å². The number of alkyl carbamates (subject to hydrolysis) is 1. The molecule has 0 radical (unpaired) electrons. The number of nitrogens with one attached hydrogen (secondary N) is 3. The Balaban J connectivity index is 0.634. The first-order valence-corrected chi connectivity index (χ1v) is 31.2. The molecule has 4 heterocycles. The molecule has 1 saturated carbocycles. The Bertz CT molecular complexity index is 2510. The summed E-state index contributed by atoms with van der Waals surface area (Å²) in [5.74, 6) is -1.13. The first-order chi connectivity index (χ1) is 40.7. The fourth-order valence-electron chi connectivity index (χ4n) is 11.7. The minimum atomic E-state index is -2.65. The smallest absolute Gasteiger partial charge is 0.407 e. The van der Waals surface area contributed by atoms with Gasteiger partial charge in [-0.15, -0.1) is 15.3 Å². The summed E-state index contributed by atoms with van der Waals surface area (Å²) in [5, 5.41) is 26.6. The number of carbonyl (C=O) groups is 3. The van der Waals surface area contributed by atoms with Crippen molar-refractivity contribution in [3.05, 3.63) is 94.8 Å². The zero-order valence-electron chi connectivity index (χ0n) is 50.6. The number of alkyl halides is 2. The maximum Gasteiger partial charge on any atom is 0.407 e. The molecule has 19 nitrogen and oxygen atoms in total. The van der Waals surface area contributed by atoms with Crippen LogP contribution in [0.1, 0.15) is 187 Å². The van der Waals surface area contributed by atoms with Crippen molar-refractivity contribution in [1.82, 2.24) is 50.6 Å². The Hall–Kier alpha value is -5.45. The van der Waals surface area contributed by atoms with Crippen LogP contribution >= 0.6 is 0 Å². The van der Waals surface area contributed by atoms with Gasteiger partial charge in [-0.3, -0.25) is 19.2 Å². The van der Waals surface area contributed by atoms with Crippen molar-refractivity contribution in [2.45, 2.75) is 205 Å². The molecule has 2 bridgehead atoms. The van der Waals surface area contributed by atoms with E-state index in [4.69, 9.17) is 28.4 Å². The number of hydrogen-bond acceptors (Lipinski definition) is 14. The van der Waals surface area contributed by atoms with Gasteiger partial charge in [-0.2, -0.15) is 0 Å². The van der Waals surface area contributed by atoms with Gasteiger partial charge in [0.15, 0.2) is 0 Å². The van der Waals surface area contributed by atoms with E-state index >= 15 is 0 Å². The van der Waals surface area contributed by atoms with E-state index in [0.29, 0.717) is 109 Å². The van der Waals surface area contributed by atoms with Crippen LogP contribution in [-0.4, -0.2) is 149 Å². The summed E-state index contributed by atoms with van der Waals surface area (Å²) in [6, 6.07) is 18.6. The van der Waals surface area contributed by atoms with E-state index < -0.39 is 17.6 Å². The van der Waals surface area contributed by atoms with Gasteiger partial charge >= 0.3 is 6.09 Å². The highest BCUT2D eigenvalue weighted by molar-refractivity contribution is 5.94. The van der Waals surface area contributed by atoms with E-state index in [9.17, 15) is 23.2 Å². The monoisotopic (exact) mass is 1170 g/mol. The summed E-state index contributed by atoms with van der Waals surface area (Å²) >= 11 is 0. The van der Waals surface area contributed by atoms with Crippen LogP contribution in [0.2, 0.25) is 0 Å². The number of nitrogens with zero attached hydrogens (tertiary/aromatic N) is 7. The Morgan fingerprint density at radius 3 is 1.90 bits per heavy atom. The van der Waals surface area contributed by atoms with Crippen LogP contribution in [0.25, 0.3) is 0 Å². The maximum atomic E-state index is 13.9. The van der Waals surface area contributed by atoms with Gasteiger partial charge in [-0.1, -0.05) is 86.2 Å². The SMILES string of the molecule is Cc1nnc(CCCCCCCCCCn2cc(COCCOCCOCCOCCOCc3ccc(C(=O)NCCCNC(=O)OC(C)(C)C)cc3)nn2)n1C1CC2CCC(C1)N2CC[C@H](NC(=O)C1CCC(F)(F)CC1)c1ccccc1. The topological polar surface area (TPSA) is 207 Å². The van der Waals surface area contributed by atoms with Gasteiger partial charge in [-0.05, 0) is 115 Å². The van der Waals surface area contributed by atoms with Gasteiger partial charge in [-0.25, -0.2) is 13.6 Å². The second kappa shape index (κ2) is 35.2. The summed E-state index contributed by atoms with van der Waals surface area (Å²) < 4.78 is 65.6. The predicted octanol–water partition coefficient (Wildman–Crippen LogP) is 10.2. The lowest BCUT2D eigenvalue weighted by Gasteiger charge is -2.40. The molecule has 3 fully saturated rings. The third kappa shape index (κ3) is 23.4. The van der Waals surface area contributed by atoms with E-state index in [1.54, 1.807) is 12.1 Å². The highest BCUT2D eigenvalue weighted by Gasteiger charge is 2.43. The van der Waals surface area contributed by atoms with Crippen LogP contribution in [-0.2, 0) is 59.4 Å². The molecule has 3 atom stereocenters. The molecule has 1 aliphatic carbocycles. The van der Waals surface area contributed by atoms with E-state index in [2.05, 4.69) is 65.0 Å². The van der Waals surface area contributed by atoms with Crippen molar-refractivity contribution >= 4 is 17.9 Å². The number of amides is 3. The zero-order chi connectivity index (χ0) is 59.4. The number of hydrogen-bond donors (Lipinski definition) is 3. The average Bonchev–Trinajstić information content (AvgIpc) is 3.54. The predicted molar refractivity (Wildman–Crippen MR) is 315 cm³/mol. The van der Waals surface area contributed by atoms with Crippen LogP contribution in [0.4, 0.5) is 13.6 Å². The van der Waals surface area contributed by atoms with Gasteiger partial charge < -0.3 is 48.9 Å². The number of carbonyl (C=O) groups excluding carboxylic acids is 3. The van der Waals surface area contributed by atoms with E-state index in [0.717, 1.165) is 80.1 Å². The number of fused-ring (bicyclic) bond motifs is 2. The molecular formula is C63H96F2N10O9. The second-order valence-electron chi connectivity index (χ2n) is 23.9. The molecule has 2 aliphatic heterocycles. The van der Waals surface area contributed by atoms with Crippen LogP contribution in [0.15, 0.2) is 60.8 Å². The summed E-state index contributed by atoms with van der Waals surface area (Å²) in [6.07, 6.45) is 17.9. The molecule has 2 saturated heterocycles. The van der Waals surface area contributed by atoms with Crippen LogP contribution < -0.4 is 16.0 Å². The molecule has 0 spiro atoms. The third-order valence-electron chi connectivity index (χ3n) is 16.1. The standard InChI is InChI=1S/C63H96F2N10O9/c1-48-69-71-58(75(48)56-43-54-24-25-55(44-56)74(54)34-28-57(50-17-12-11-13-18-50)68-60(77)52-26-29-63(64,65)30-27-52)19-14-9-7-5-6-8-10-15-33-73-45-53(70-72-73)47-83-42-40-81-38-36-79-35-37-80-39-41-82-46-49-20-22-51(23-21-49)59(76)66-31-16-32-67-61(78)84-62(2,3)4/h11-13,17-18,20-23,45,52,54-57H,5-10,14-16,19,24-44,46-47H2,1-4H3,(H,66,76)(H,67,78)(H,68,77)/t54?,55?,56?,57-/m0/s1.